The minimum absolute atomic E-state index is 0.258. The van der Waals surface area contributed by atoms with Gasteiger partial charge in [-0.15, -0.1) is 16.4 Å². The summed E-state index contributed by atoms with van der Waals surface area (Å²) < 4.78 is 22.1. The van der Waals surface area contributed by atoms with Crippen LogP contribution in [0.5, 0.6) is 0 Å². The van der Waals surface area contributed by atoms with Crippen molar-refractivity contribution in [2.24, 2.45) is 0 Å². The van der Waals surface area contributed by atoms with Crippen molar-refractivity contribution in [3.05, 3.63) is 64.3 Å². The van der Waals surface area contributed by atoms with E-state index in [4.69, 9.17) is 4.74 Å². The number of esters is 1. The van der Waals surface area contributed by atoms with Crippen LogP contribution in [0.15, 0.2) is 47.6 Å². The summed E-state index contributed by atoms with van der Waals surface area (Å²) >= 11 is 2.58. The highest BCUT2D eigenvalue weighted by atomic mass is 32.2. The molecule has 4 aromatic rings. The summed E-state index contributed by atoms with van der Waals surface area (Å²) in [5.41, 5.74) is 2.57. The van der Waals surface area contributed by atoms with Crippen molar-refractivity contribution in [1.29, 1.82) is 0 Å². The maximum atomic E-state index is 14.6. The van der Waals surface area contributed by atoms with Crippen LogP contribution in [0.3, 0.4) is 0 Å². The van der Waals surface area contributed by atoms with E-state index in [1.54, 1.807) is 23.7 Å². The maximum Gasteiger partial charge on any atom is 0.348 e. The van der Waals surface area contributed by atoms with Gasteiger partial charge in [0.1, 0.15) is 10.7 Å². The molecular formula is C20H17FN4O2S2. The third-order valence-corrected chi connectivity index (χ3v) is 6.41. The molecule has 29 heavy (non-hydrogen) atoms. The van der Waals surface area contributed by atoms with Crippen molar-refractivity contribution < 1.29 is 13.9 Å². The molecule has 0 fully saturated rings. The van der Waals surface area contributed by atoms with E-state index in [0.717, 1.165) is 11.3 Å². The molecule has 0 unspecified atom stereocenters. The van der Waals surface area contributed by atoms with Crippen LogP contribution in [0.25, 0.3) is 15.8 Å². The Bertz CT molecular complexity index is 1170. The second kappa shape index (κ2) is 8.30. The summed E-state index contributed by atoms with van der Waals surface area (Å²) in [4.78, 5) is 12.8. The lowest BCUT2D eigenvalue weighted by molar-refractivity contribution is 0.0531. The number of benzene rings is 2. The van der Waals surface area contributed by atoms with Gasteiger partial charge in [-0.3, -0.25) is 0 Å². The van der Waals surface area contributed by atoms with Gasteiger partial charge in [0.05, 0.1) is 12.3 Å². The molecule has 6 nitrogen and oxygen atoms in total. The van der Waals surface area contributed by atoms with E-state index in [-0.39, 0.29) is 12.4 Å². The Morgan fingerprint density at radius 2 is 2.03 bits per heavy atom. The highest BCUT2D eigenvalue weighted by Gasteiger charge is 2.22. The van der Waals surface area contributed by atoms with Crippen molar-refractivity contribution in [2.75, 3.05) is 6.61 Å². The molecule has 2 aromatic heterocycles. The molecule has 0 spiro atoms. The van der Waals surface area contributed by atoms with Crippen LogP contribution < -0.4 is 0 Å². The van der Waals surface area contributed by atoms with Crippen LogP contribution in [0, 0.1) is 12.7 Å². The number of aryl methyl sites for hydroxylation is 1. The maximum absolute atomic E-state index is 14.6. The molecule has 0 saturated carbocycles. The Hall–Kier alpha value is -2.78. The van der Waals surface area contributed by atoms with Gasteiger partial charge in [-0.2, -0.15) is 4.68 Å². The molecule has 2 heterocycles. The molecule has 0 atom stereocenters. The van der Waals surface area contributed by atoms with Crippen molar-refractivity contribution in [2.45, 2.75) is 24.8 Å². The number of tetrazole rings is 1. The third-order valence-electron chi connectivity index (χ3n) is 4.29. The number of hydrogen-bond acceptors (Lipinski definition) is 7. The minimum atomic E-state index is -0.443. The van der Waals surface area contributed by atoms with Gasteiger partial charge in [0.25, 0.3) is 0 Å². The normalized spacial score (nSPS) is 11.1. The van der Waals surface area contributed by atoms with E-state index in [9.17, 15) is 9.18 Å². The van der Waals surface area contributed by atoms with E-state index in [1.807, 2.05) is 31.2 Å². The smallest absolute Gasteiger partial charge is 0.348 e. The Labute approximate surface area is 174 Å². The number of ether oxygens (including phenoxy) is 1. The van der Waals surface area contributed by atoms with Crippen LogP contribution in [0.2, 0.25) is 0 Å². The predicted molar refractivity (Wildman–Crippen MR) is 111 cm³/mol. The highest BCUT2D eigenvalue weighted by Crippen LogP contribution is 2.37. The number of nitrogens with zero attached hydrogens (tertiary/aromatic N) is 4. The van der Waals surface area contributed by atoms with Crippen molar-refractivity contribution in [3.8, 4) is 5.69 Å². The summed E-state index contributed by atoms with van der Waals surface area (Å²) in [5.74, 6) is -0.466. The van der Waals surface area contributed by atoms with E-state index in [1.165, 1.54) is 29.2 Å². The lowest BCUT2D eigenvalue weighted by Gasteiger charge is -2.06. The first-order valence-corrected chi connectivity index (χ1v) is 10.7. The summed E-state index contributed by atoms with van der Waals surface area (Å²) in [6, 6.07) is 12.7. The summed E-state index contributed by atoms with van der Waals surface area (Å²) in [5, 5.41) is 12.9. The second-order valence-corrected chi connectivity index (χ2v) is 8.24. The topological polar surface area (TPSA) is 69.9 Å². The molecule has 0 bridgehead atoms. The molecule has 148 valence electrons. The van der Waals surface area contributed by atoms with Gasteiger partial charge >= 0.3 is 5.97 Å². The molecule has 9 heteroatoms. The van der Waals surface area contributed by atoms with Gasteiger partial charge in [-0.1, -0.05) is 35.5 Å². The van der Waals surface area contributed by atoms with Crippen LogP contribution in [-0.4, -0.2) is 32.8 Å². The molecule has 0 aliphatic rings. The molecule has 2 aromatic carbocycles. The standard InChI is InChI=1S/C20H17FN4O2S2/c1-3-27-19(26)18-14(17-15(21)5-4-6-16(17)29-18)11-28-20-22-23-24-25(20)13-9-7-12(2)8-10-13/h4-10H,3,11H2,1-2H3. The first-order chi connectivity index (χ1) is 14.1. The van der Waals surface area contributed by atoms with Crippen molar-refractivity contribution in [3.63, 3.8) is 0 Å². The highest BCUT2D eigenvalue weighted by molar-refractivity contribution is 7.98. The average Bonchev–Trinajstić information content (AvgIpc) is 3.32. The number of fused-ring (bicyclic) bond motifs is 1. The van der Waals surface area contributed by atoms with Crippen LogP contribution >= 0.6 is 23.1 Å². The Kier molecular flexibility index (Phi) is 5.59. The van der Waals surface area contributed by atoms with Gasteiger partial charge in [0.15, 0.2) is 0 Å². The number of carbonyl (C=O) groups excluding carboxylic acids is 1. The summed E-state index contributed by atoms with van der Waals surface area (Å²) in [7, 11) is 0. The Balaban J connectivity index is 1.69. The number of carbonyl (C=O) groups is 1. The molecule has 0 amide bonds. The van der Waals surface area contributed by atoms with Gasteiger partial charge in [0, 0.05) is 15.8 Å². The lowest BCUT2D eigenvalue weighted by Crippen LogP contribution is -2.05. The number of thiophene rings is 1. The van der Waals surface area contributed by atoms with Crippen LogP contribution in [0.1, 0.15) is 27.7 Å². The van der Waals surface area contributed by atoms with Crippen molar-refractivity contribution >= 4 is 39.2 Å². The first-order valence-electron chi connectivity index (χ1n) is 8.93. The first kappa shape index (κ1) is 19.5. The molecule has 0 saturated heterocycles. The number of halogens is 1. The van der Waals surface area contributed by atoms with Gasteiger partial charge in [-0.25, -0.2) is 9.18 Å². The quantitative estimate of drug-likeness (QED) is 0.325. The third kappa shape index (κ3) is 3.88. The zero-order chi connectivity index (χ0) is 20.4. The average molecular weight is 429 g/mol. The molecular weight excluding hydrogens is 411 g/mol. The molecule has 0 aliphatic carbocycles. The zero-order valence-electron chi connectivity index (χ0n) is 15.8. The van der Waals surface area contributed by atoms with E-state index >= 15 is 0 Å². The van der Waals surface area contributed by atoms with E-state index in [0.29, 0.717) is 31.4 Å². The largest absolute Gasteiger partial charge is 0.462 e. The van der Waals surface area contributed by atoms with Gasteiger partial charge < -0.3 is 4.74 Å². The summed E-state index contributed by atoms with van der Waals surface area (Å²) in [6.45, 7) is 4.01. The SMILES string of the molecule is CCOC(=O)c1sc2cccc(F)c2c1CSc1nnnn1-c1ccc(C)cc1. The van der Waals surface area contributed by atoms with Crippen molar-refractivity contribution in [1.82, 2.24) is 20.2 Å². The fourth-order valence-corrected chi connectivity index (χ4v) is 5.06. The predicted octanol–water partition coefficient (Wildman–Crippen LogP) is 4.79. The van der Waals surface area contributed by atoms with E-state index < -0.39 is 5.97 Å². The monoisotopic (exact) mass is 428 g/mol. The number of thioether (sulfide) groups is 1. The lowest BCUT2D eigenvalue weighted by atomic mass is 10.1. The number of aromatic nitrogens is 4. The van der Waals surface area contributed by atoms with Crippen LogP contribution in [0.4, 0.5) is 4.39 Å². The fraction of sp³-hybridized carbons (Fsp3) is 0.200. The Morgan fingerprint density at radius 3 is 2.79 bits per heavy atom. The molecule has 4 rings (SSSR count). The van der Waals surface area contributed by atoms with Gasteiger partial charge in [0.2, 0.25) is 5.16 Å². The minimum Gasteiger partial charge on any atom is -0.462 e. The van der Waals surface area contributed by atoms with Crippen LogP contribution in [-0.2, 0) is 10.5 Å². The summed E-state index contributed by atoms with van der Waals surface area (Å²) in [6.07, 6.45) is 0. The number of hydrogen-bond donors (Lipinski definition) is 0. The molecule has 0 N–H and O–H groups in total. The molecule has 0 aliphatic heterocycles. The Morgan fingerprint density at radius 1 is 1.24 bits per heavy atom. The number of rotatable bonds is 6. The second-order valence-electron chi connectivity index (χ2n) is 6.24. The fourth-order valence-electron chi connectivity index (χ4n) is 2.92. The van der Waals surface area contributed by atoms with E-state index in [2.05, 4.69) is 15.5 Å². The molecule has 0 radical (unpaired) electrons. The van der Waals surface area contributed by atoms with Gasteiger partial charge in [-0.05, 0) is 54.1 Å². The zero-order valence-corrected chi connectivity index (χ0v) is 17.4.